The molecule has 0 amide bonds. The Morgan fingerprint density at radius 3 is 2.36 bits per heavy atom. The van der Waals surface area contributed by atoms with E-state index in [-0.39, 0.29) is 11.9 Å². The molecular formula is C22H17IO2. The molecule has 0 fully saturated rings. The Labute approximate surface area is 160 Å². The van der Waals surface area contributed by atoms with Gasteiger partial charge in [-0.25, -0.2) is 0 Å². The van der Waals surface area contributed by atoms with Crippen molar-refractivity contribution in [2.75, 3.05) is 0 Å². The normalized spacial score (nSPS) is 16.3. The van der Waals surface area contributed by atoms with Crippen LogP contribution in [-0.4, -0.2) is 5.11 Å². The summed E-state index contributed by atoms with van der Waals surface area (Å²) in [5.74, 6) is 1.06. The minimum Gasteiger partial charge on any atom is -0.508 e. The zero-order valence-corrected chi connectivity index (χ0v) is 15.9. The van der Waals surface area contributed by atoms with Crippen molar-refractivity contribution >= 4 is 33.7 Å². The minimum absolute atomic E-state index is 0.170. The van der Waals surface area contributed by atoms with Crippen molar-refractivity contribution in [1.82, 2.24) is 0 Å². The van der Waals surface area contributed by atoms with E-state index < -0.39 is 0 Å². The van der Waals surface area contributed by atoms with Gasteiger partial charge in [-0.15, -0.1) is 0 Å². The number of fused-ring (bicyclic) bond motifs is 1. The van der Waals surface area contributed by atoms with Crippen LogP contribution in [0.4, 0.5) is 0 Å². The SMILES string of the molecule is CC1=C(c2ccccc2)C(c2ccc(I)cc2)Oc2ccc(O)cc21. The molecule has 25 heavy (non-hydrogen) atoms. The molecule has 0 aliphatic carbocycles. The molecule has 1 unspecified atom stereocenters. The van der Waals surface area contributed by atoms with Gasteiger partial charge in [0.2, 0.25) is 0 Å². The fourth-order valence-electron chi connectivity index (χ4n) is 3.30. The Morgan fingerprint density at radius 1 is 0.920 bits per heavy atom. The number of hydrogen-bond acceptors (Lipinski definition) is 2. The fraction of sp³-hybridized carbons (Fsp3) is 0.0909. The Hall–Kier alpha value is -2.27. The maximum absolute atomic E-state index is 9.90. The number of benzene rings is 3. The Morgan fingerprint density at radius 2 is 1.64 bits per heavy atom. The van der Waals surface area contributed by atoms with Crippen molar-refractivity contribution in [2.24, 2.45) is 0 Å². The second-order valence-electron chi connectivity index (χ2n) is 6.13. The van der Waals surface area contributed by atoms with Gasteiger partial charge >= 0.3 is 0 Å². The summed E-state index contributed by atoms with van der Waals surface area (Å²) in [6.07, 6.45) is -0.170. The first kappa shape index (κ1) is 16.2. The molecule has 1 N–H and O–H groups in total. The predicted molar refractivity (Wildman–Crippen MR) is 110 cm³/mol. The molecule has 1 atom stereocenters. The van der Waals surface area contributed by atoms with Crippen LogP contribution in [0.25, 0.3) is 11.1 Å². The van der Waals surface area contributed by atoms with Crippen molar-refractivity contribution in [1.29, 1.82) is 0 Å². The van der Waals surface area contributed by atoms with E-state index >= 15 is 0 Å². The number of allylic oxidation sites excluding steroid dienone is 1. The summed E-state index contributed by atoms with van der Waals surface area (Å²) in [6.45, 7) is 2.10. The van der Waals surface area contributed by atoms with Crippen LogP contribution in [-0.2, 0) is 0 Å². The summed E-state index contributed by atoms with van der Waals surface area (Å²) in [5, 5.41) is 9.90. The van der Waals surface area contributed by atoms with E-state index in [9.17, 15) is 5.11 Å². The number of aromatic hydroxyl groups is 1. The predicted octanol–water partition coefficient (Wildman–Crippen LogP) is 6.06. The van der Waals surface area contributed by atoms with Gasteiger partial charge in [0.1, 0.15) is 17.6 Å². The van der Waals surface area contributed by atoms with Gasteiger partial charge in [-0.05, 0) is 76.5 Å². The van der Waals surface area contributed by atoms with Crippen LogP contribution in [0.2, 0.25) is 0 Å². The highest BCUT2D eigenvalue weighted by Crippen LogP contribution is 2.47. The molecule has 3 aromatic carbocycles. The molecule has 1 aliphatic heterocycles. The molecule has 0 saturated heterocycles. The molecule has 2 nitrogen and oxygen atoms in total. The van der Waals surface area contributed by atoms with Crippen LogP contribution in [0, 0.1) is 3.57 Å². The summed E-state index contributed by atoms with van der Waals surface area (Å²) in [4.78, 5) is 0. The molecule has 1 aliphatic rings. The third-order valence-corrected chi connectivity index (χ3v) is 5.25. The van der Waals surface area contributed by atoms with E-state index in [1.807, 2.05) is 24.3 Å². The van der Waals surface area contributed by atoms with E-state index in [4.69, 9.17) is 4.74 Å². The number of ether oxygens (including phenoxy) is 1. The van der Waals surface area contributed by atoms with Crippen LogP contribution in [0.3, 0.4) is 0 Å². The van der Waals surface area contributed by atoms with Gasteiger partial charge in [0.05, 0.1) is 0 Å². The first-order valence-electron chi connectivity index (χ1n) is 8.15. The zero-order chi connectivity index (χ0) is 17.4. The smallest absolute Gasteiger partial charge is 0.150 e. The van der Waals surface area contributed by atoms with Crippen molar-refractivity contribution in [3.63, 3.8) is 0 Å². The average molecular weight is 440 g/mol. The second kappa shape index (κ2) is 6.56. The summed E-state index contributed by atoms with van der Waals surface area (Å²) in [6, 6.07) is 24.0. The topological polar surface area (TPSA) is 29.5 Å². The van der Waals surface area contributed by atoms with Crippen molar-refractivity contribution in [3.05, 3.63) is 93.1 Å². The van der Waals surface area contributed by atoms with Crippen LogP contribution in [0.15, 0.2) is 72.8 Å². The van der Waals surface area contributed by atoms with E-state index in [1.54, 1.807) is 12.1 Å². The van der Waals surface area contributed by atoms with Crippen LogP contribution >= 0.6 is 22.6 Å². The molecule has 0 spiro atoms. The van der Waals surface area contributed by atoms with Crippen LogP contribution in [0.1, 0.15) is 29.7 Å². The highest BCUT2D eigenvalue weighted by Gasteiger charge is 2.29. The molecular weight excluding hydrogens is 423 g/mol. The number of rotatable bonds is 2. The summed E-state index contributed by atoms with van der Waals surface area (Å²) < 4.78 is 7.58. The zero-order valence-electron chi connectivity index (χ0n) is 13.7. The van der Waals surface area contributed by atoms with E-state index in [0.717, 1.165) is 33.6 Å². The van der Waals surface area contributed by atoms with E-state index in [1.165, 1.54) is 3.57 Å². The summed E-state index contributed by atoms with van der Waals surface area (Å²) >= 11 is 2.31. The average Bonchev–Trinajstić information content (AvgIpc) is 2.63. The Bertz CT molecular complexity index is 944. The second-order valence-corrected chi connectivity index (χ2v) is 7.38. The summed E-state index contributed by atoms with van der Waals surface area (Å²) in [7, 11) is 0. The lowest BCUT2D eigenvalue weighted by Gasteiger charge is -2.31. The van der Waals surface area contributed by atoms with Gasteiger partial charge in [-0.1, -0.05) is 42.5 Å². The third kappa shape index (κ3) is 3.04. The molecule has 0 bridgehead atoms. The number of hydrogen-bond donors (Lipinski definition) is 1. The highest BCUT2D eigenvalue weighted by molar-refractivity contribution is 14.1. The van der Waals surface area contributed by atoms with Gasteiger partial charge in [-0.2, -0.15) is 0 Å². The van der Waals surface area contributed by atoms with Gasteiger partial charge in [0, 0.05) is 14.7 Å². The Kier molecular flexibility index (Phi) is 4.25. The molecule has 0 aromatic heterocycles. The quantitative estimate of drug-likeness (QED) is 0.491. The van der Waals surface area contributed by atoms with Crippen molar-refractivity contribution in [3.8, 4) is 11.5 Å². The minimum atomic E-state index is -0.170. The standard InChI is InChI=1S/C22H17IO2/c1-14-19-13-18(24)11-12-20(19)25-22(16-7-9-17(23)10-8-16)21(14)15-5-3-2-4-6-15/h2-13,22,24H,1H3. The number of halogens is 1. The Balaban J connectivity index is 1.93. The number of phenols is 1. The molecule has 0 radical (unpaired) electrons. The monoisotopic (exact) mass is 440 g/mol. The summed E-state index contributed by atoms with van der Waals surface area (Å²) in [5.41, 5.74) is 5.47. The molecule has 4 rings (SSSR count). The number of phenolic OH excluding ortho intramolecular Hbond substituents is 1. The largest absolute Gasteiger partial charge is 0.508 e. The van der Waals surface area contributed by atoms with Gasteiger partial charge < -0.3 is 9.84 Å². The lowest BCUT2D eigenvalue weighted by Crippen LogP contribution is -2.16. The van der Waals surface area contributed by atoms with Gasteiger partial charge in [-0.3, -0.25) is 0 Å². The fourth-order valence-corrected chi connectivity index (χ4v) is 3.66. The van der Waals surface area contributed by atoms with Crippen molar-refractivity contribution in [2.45, 2.75) is 13.0 Å². The first-order valence-corrected chi connectivity index (χ1v) is 9.23. The van der Waals surface area contributed by atoms with E-state index in [0.29, 0.717) is 0 Å². The van der Waals surface area contributed by atoms with Crippen LogP contribution < -0.4 is 4.74 Å². The van der Waals surface area contributed by atoms with E-state index in [2.05, 4.69) is 65.9 Å². The lowest BCUT2D eigenvalue weighted by molar-refractivity contribution is 0.259. The molecule has 0 saturated carbocycles. The van der Waals surface area contributed by atoms with Crippen LogP contribution in [0.5, 0.6) is 11.5 Å². The highest BCUT2D eigenvalue weighted by atomic mass is 127. The lowest BCUT2D eigenvalue weighted by atomic mass is 9.86. The van der Waals surface area contributed by atoms with Gasteiger partial charge in [0.25, 0.3) is 0 Å². The molecule has 3 aromatic rings. The first-order chi connectivity index (χ1) is 12.1. The third-order valence-electron chi connectivity index (χ3n) is 4.54. The molecule has 3 heteroatoms. The van der Waals surface area contributed by atoms with Gasteiger partial charge in [0.15, 0.2) is 0 Å². The molecule has 124 valence electrons. The maximum Gasteiger partial charge on any atom is 0.150 e. The maximum atomic E-state index is 9.90. The molecule has 1 heterocycles. The van der Waals surface area contributed by atoms with Crippen molar-refractivity contribution < 1.29 is 9.84 Å².